The van der Waals surface area contributed by atoms with E-state index in [-0.39, 0.29) is 17.2 Å². The first kappa shape index (κ1) is 17.4. The van der Waals surface area contributed by atoms with Crippen LogP contribution >= 0.6 is 0 Å². The monoisotopic (exact) mass is 368 g/mol. The number of nitrogens with zero attached hydrogens (tertiary/aromatic N) is 4. The SMILES string of the molecule is Cc1cn2cc(NC(=O)c3ccc(N4CCNC(C)C4)cn3)cc(F)c2n1. The van der Waals surface area contributed by atoms with E-state index in [1.807, 2.05) is 6.07 Å². The minimum Gasteiger partial charge on any atom is -0.367 e. The van der Waals surface area contributed by atoms with Crippen LogP contribution in [-0.2, 0) is 0 Å². The summed E-state index contributed by atoms with van der Waals surface area (Å²) in [4.78, 5) is 23.1. The van der Waals surface area contributed by atoms with Crippen LogP contribution in [0, 0.1) is 12.7 Å². The Morgan fingerprint density at radius 2 is 2.22 bits per heavy atom. The summed E-state index contributed by atoms with van der Waals surface area (Å²) in [6.07, 6.45) is 5.04. The van der Waals surface area contributed by atoms with E-state index in [2.05, 4.69) is 32.4 Å². The predicted octanol–water partition coefficient (Wildman–Crippen LogP) is 2.23. The largest absolute Gasteiger partial charge is 0.367 e. The van der Waals surface area contributed by atoms with Crippen molar-refractivity contribution in [2.75, 3.05) is 29.9 Å². The lowest BCUT2D eigenvalue weighted by atomic mass is 10.2. The highest BCUT2D eigenvalue weighted by atomic mass is 19.1. The van der Waals surface area contributed by atoms with Gasteiger partial charge in [-0.2, -0.15) is 0 Å². The number of imidazole rings is 1. The number of amides is 1. The van der Waals surface area contributed by atoms with Crippen molar-refractivity contribution in [1.82, 2.24) is 19.7 Å². The number of hydrogen-bond acceptors (Lipinski definition) is 5. The van der Waals surface area contributed by atoms with Crippen molar-refractivity contribution in [2.45, 2.75) is 19.9 Å². The standard InChI is InChI=1S/C19H21FN6O/c1-12-9-25(6-5-21-12)15-3-4-17(22-8-15)19(27)24-14-7-16(20)18-23-13(2)10-26(18)11-14/h3-4,7-8,10-12,21H,5-6,9H2,1-2H3,(H,24,27). The Balaban J connectivity index is 1.49. The molecule has 0 aromatic carbocycles. The summed E-state index contributed by atoms with van der Waals surface area (Å²) in [5.41, 5.74) is 2.56. The molecule has 1 aliphatic rings. The molecule has 0 aliphatic carbocycles. The predicted molar refractivity (Wildman–Crippen MR) is 102 cm³/mol. The summed E-state index contributed by atoms with van der Waals surface area (Å²) >= 11 is 0. The van der Waals surface area contributed by atoms with E-state index in [1.165, 1.54) is 6.07 Å². The van der Waals surface area contributed by atoms with Crippen molar-refractivity contribution in [3.8, 4) is 0 Å². The average molecular weight is 368 g/mol. The lowest BCUT2D eigenvalue weighted by Crippen LogP contribution is -2.49. The second-order valence-electron chi connectivity index (χ2n) is 6.85. The maximum Gasteiger partial charge on any atom is 0.274 e. The summed E-state index contributed by atoms with van der Waals surface area (Å²) in [6.45, 7) is 6.65. The van der Waals surface area contributed by atoms with E-state index < -0.39 is 5.82 Å². The highest BCUT2D eigenvalue weighted by Gasteiger charge is 2.17. The molecular formula is C19H21FN6O. The lowest BCUT2D eigenvalue weighted by Gasteiger charge is -2.33. The van der Waals surface area contributed by atoms with Gasteiger partial charge in [0.25, 0.3) is 5.91 Å². The maximum atomic E-state index is 14.1. The van der Waals surface area contributed by atoms with Crippen LogP contribution in [0.3, 0.4) is 0 Å². The summed E-state index contributed by atoms with van der Waals surface area (Å²) in [5, 5.41) is 6.09. The van der Waals surface area contributed by atoms with Gasteiger partial charge in [-0.05, 0) is 26.0 Å². The van der Waals surface area contributed by atoms with Gasteiger partial charge in [0.1, 0.15) is 5.69 Å². The van der Waals surface area contributed by atoms with E-state index >= 15 is 0 Å². The molecule has 1 saturated heterocycles. The smallest absolute Gasteiger partial charge is 0.274 e. The number of fused-ring (bicyclic) bond motifs is 1. The van der Waals surface area contributed by atoms with E-state index in [0.29, 0.717) is 17.4 Å². The van der Waals surface area contributed by atoms with Gasteiger partial charge in [-0.25, -0.2) is 14.4 Å². The van der Waals surface area contributed by atoms with Gasteiger partial charge in [-0.1, -0.05) is 0 Å². The van der Waals surface area contributed by atoms with Crippen LogP contribution in [0.15, 0.2) is 36.8 Å². The highest BCUT2D eigenvalue weighted by Crippen LogP contribution is 2.18. The van der Waals surface area contributed by atoms with Crippen LogP contribution < -0.4 is 15.5 Å². The molecule has 3 aromatic rings. The Labute approximate surface area is 156 Å². The molecule has 1 aliphatic heterocycles. The molecule has 140 valence electrons. The van der Waals surface area contributed by atoms with E-state index in [4.69, 9.17) is 0 Å². The molecule has 4 rings (SSSR count). The third-order valence-electron chi connectivity index (χ3n) is 4.60. The number of halogens is 1. The summed E-state index contributed by atoms with van der Waals surface area (Å²) in [5.74, 6) is -0.872. The number of rotatable bonds is 3. The third-order valence-corrected chi connectivity index (χ3v) is 4.60. The van der Waals surface area contributed by atoms with Crippen molar-refractivity contribution in [2.24, 2.45) is 0 Å². The number of aromatic nitrogens is 3. The van der Waals surface area contributed by atoms with Crippen molar-refractivity contribution < 1.29 is 9.18 Å². The zero-order valence-electron chi connectivity index (χ0n) is 15.2. The Bertz CT molecular complexity index is 984. The van der Waals surface area contributed by atoms with Gasteiger partial charge in [0.15, 0.2) is 11.5 Å². The summed E-state index contributed by atoms with van der Waals surface area (Å²) in [6, 6.07) is 5.26. The topological polar surface area (TPSA) is 74.6 Å². The van der Waals surface area contributed by atoms with Gasteiger partial charge in [-0.15, -0.1) is 0 Å². The number of hydrogen-bond donors (Lipinski definition) is 2. The molecule has 0 saturated carbocycles. The highest BCUT2D eigenvalue weighted by molar-refractivity contribution is 6.02. The molecule has 4 heterocycles. The number of nitrogens with one attached hydrogen (secondary N) is 2. The molecule has 27 heavy (non-hydrogen) atoms. The zero-order valence-corrected chi connectivity index (χ0v) is 15.2. The Morgan fingerprint density at radius 3 is 2.96 bits per heavy atom. The van der Waals surface area contributed by atoms with Gasteiger partial charge < -0.3 is 19.9 Å². The molecule has 3 aromatic heterocycles. The van der Waals surface area contributed by atoms with Crippen LogP contribution in [-0.4, -0.2) is 46.0 Å². The number of pyridine rings is 2. The van der Waals surface area contributed by atoms with Crippen LogP contribution in [0.5, 0.6) is 0 Å². The van der Waals surface area contributed by atoms with Gasteiger partial charge in [-0.3, -0.25) is 4.79 Å². The van der Waals surface area contributed by atoms with Crippen LogP contribution in [0.1, 0.15) is 23.1 Å². The van der Waals surface area contributed by atoms with Gasteiger partial charge in [0.2, 0.25) is 0 Å². The van der Waals surface area contributed by atoms with Crippen molar-refractivity contribution >= 4 is 22.9 Å². The first-order valence-electron chi connectivity index (χ1n) is 8.90. The molecular weight excluding hydrogens is 347 g/mol. The fourth-order valence-electron chi connectivity index (χ4n) is 3.32. The minimum absolute atomic E-state index is 0.234. The maximum absolute atomic E-state index is 14.1. The Morgan fingerprint density at radius 1 is 1.37 bits per heavy atom. The number of piperazine rings is 1. The first-order chi connectivity index (χ1) is 13.0. The van der Waals surface area contributed by atoms with Crippen molar-refractivity contribution in [3.63, 3.8) is 0 Å². The van der Waals surface area contributed by atoms with Crippen molar-refractivity contribution in [3.05, 3.63) is 54.0 Å². The fraction of sp³-hybridized carbons (Fsp3) is 0.316. The van der Waals surface area contributed by atoms with Crippen molar-refractivity contribution in [1.29, 1.82) is 0 Å². The van der Waals surface area contributed by atoms with Crippen LogP contribution in [0.4, 0.5) is 15.8 Å². The number of carbonyl (C=O) groups is 1. The van der Waals surface area contributed by atoms with Gasteiger partial charge >= 0.3 is 0 Å². The molecule has 1 fully saturated rings. The number of carbonyl (C=O) groups excluding carboxylic acids is 1. The first-order valence-corrected chi connectivity index (χ1v) is 8.90. The molecule has 1 atom stereocenters. The number of aryl methyl sites for hydroxylation is 1. The zero-order chi connectivity index (χ0) is 19.0. The normalized spacial score (nSPS) is 17.3. The second-order valence-corrected chi connectivity index (χ2v) is 6.85. The second kappa shape index (κ2) is 6.96. The number of anilines is 2. The lowest BCUT2D eigenvalue weighted by molar-refractivity contribution is 0.102. The minimum atomic E-state index is -0.489. The Kier molecular flexibility index (Phi) is 4.49. The molecule has 0 radical (unpaired) electrons. The van der Waals surface area contributed by atoms with Gasteiger partial charge in [0, 0.05) is 44.1 Å². The molecule has 0 spiro atoms. The third kappa shape index (κ3) is 3.61. The average Bonchev–Trinajstić information content (AvgIpc) is 3.03. The molecule has 2 N–H and O–H groups in total. The molecule has 7 nitrogen and oxygen atoms in total. The Hall–Kier alpha value is -3.00. The van der Waals surface area contributed by atoms with E-state index in [1.54, 1.807) is 36.0 Å². The molecule has 0 bridgehead atoms. The van der Waals surface area contributed by atoms with E-state index in [0.717, 1.165) is 25.3 Å². The summed E-state index contributed by atoms with van der Waals surface area (Å²) in [7, 11) is 0. The van der Waals surface area contributed by atoms with Gasteiger partial charge in [0.05, 0.1) is 23.3 Å². The fourth-order valence-corrected chi connectivity index (χ4v) is 3.32. The molecule has 8 heteroatoms. The van der Waals surface area contributed by atoms with E-state index in [9.17, 15) is 9.18 Å². The quantitative estimate of drug-likeness (QED) is 0.742. The summed E-state index contributed by atoms with van der Waals surface area (Å²) < 4.78 is 15.7. The van der Waals surface area contributed by atoms with Crippen LogP contribution in [0.25, 0.3) is 5.65 Å². The molecule has 1 unspecified atom stereocenters. The van der Waals surface area contributed by atoms with Crippen LogP contribution in [0.2, 0.25) is 0 Å². The molecule has 1 amide bonds.